The first-order valence-electron chi connectivity index (χ1n) is 6.42. The summed E-state index contributed by atoms with van der Waals surface area (Å²) in [6.07, 6.45) is 0.678. The van der Waals surface area contributed by atoms with Crippen LogP contribution in [0.4, 0.5) is 0 Å². The minimum atomic E-state index is -0.953. The van der Waals surface area contributed by atoms with Crippen molar-refractivity contribution in [2.24, 2.45) is 0 Å². The van der Waals surface area contributed by atoms with Crippen LogP contribution >= 0.6 is 22.7 Å². The zero-order valence-corrected chi connectivity index (χ0v) is 12.6. The summed E-state index contributed by atoms with van der Waals surface area (Å²) in [5.74, 6) is -1.70. The Labute approximate surface area is 129 Å². The highest BCUT2D eigenvalue weighted by Gasteiger charge is 2.22. The molecular formula is C16H12O3S2. The lowest BCUT2D eigenvalue weighted by Gasteiger charge is -2.05. The number of aliphatic carboxylic acids is 1. The van der Waals surface area contributed by atoms with Crippen molar-refractivity contribution in [3.63, 3.8) is 0 Å². The molecule has 0 saturated carbocycles. The van der Waals surface area contributed by atoms with Crippen LogP contribution in [0, 0.1) is 0 Å². The summed E-state index contributed by atoms with van der Waals surface area (Å²) in [4.78, 5) is 22.6. The molecule has 1 aromatic carbocycles. The van der Waals surface area contributed by atoms with Gasteiger partial charge in [-0.2, -0.15) is 0 Å². The van der Waals surface area contributed by atoms with E-state index in [2.05, 4.69) is 17.5 Å². The van der Waals surface area contributed by atoms with Gasteiger partial charge in [0.25, 0.3) is 0 Å². The van der Waals surface area contributed by atoms with Crippen molar-refractivity contribution in [2.75, 3.05) is 0 Å². The Morgan fingerprint density at radius 2 is 2.05 bits per heavy atom. The van der Waals surface area contributed by atoms with E-state index in [4.69, 9.17) is 0 Å². The summed E-state index contributed by atoms with van der Waals surface area (Å²) in [5.41, 5.74) is 2.14. The van der Waals surface area contributed by atoms with Crippen molar-refractivity contribution in [3.8, 4) is 11.1 Å². The van der Waals surface area contributed by atoms with E-state index in [1.54, 1.807) is 11.3 Å². The number of benzene rings is 1. The first kappa shape index (κ1) is 14.0. The number of carbonyl (C=O) groups is 2. The van der Waals surface area contributed by atoms with E-state index in [0.717, 1.165) is 16.0 Å². The minimum Gasteiger partial charge on any atom is -0.481 e. The van der Waals surface area contributed by atoms with Gasteiger partial charge in [-0.05, 0) is 28.5 Å². The van der Waals surface area contributed by atoms with Gasteiger partial charge in [-0.1, -0.05) is 18.2 Å². The standard InChI is InChI=1S/C16H12O3S2/c17-6-5-12(16(18)19)15-7-10(8-20-15)13-9-21-14-4-2-1-3-11(13)14/h1-4,6-9,12H,5H2,(H,18,19). The number of rotatable bonds is 5. The molecule has 106 valence electrons. The third-order valence-electron chi connectivity index (χ3n) is 3.39. The molecule has 0 bridgehead atoms. The van der Waals surface area contributed by atoms with Crippen LogP contribution in [0.3, 0.4) is 0 Å². The molecule has 0 spiro atoms. The molecule has 21 heavy (non-hydrogen) atoms. The SMILES string of the molecule is O=CCC(C(=O)O)c1cc(-c2csc3ccccc23)cs1. The normalized spacial score (nSPS) is 12.4. The number of carbonyl (C=O) groups excluding carboxylic acids is 1. The fraction of sp³-hybridized carbons (Fsp3) is 0.125. The number of carboxylic acid groups (broad SMARTS) is 1. The van der Waals surface area contributed by atoms with Gasteiger partial charge in [0.05, 0.1) is 5.92 Å². The van der Waals surface area contributed by atoms with Crippen LogP contribution in [0.15, 0.2) is 41.1 Å². The first-order valence-corrected chi connectivity index (χ1v) is 8.18. The lowest BCUT2D eigenvalue weighted by atomic mass is 10.0. The number of fused-ring (bicyclic) bond motifs is 1. The smallest absolute Gasteiger partial charge is 0.312 e. The third kappa shape index (κ3) is 2.62. The van der Waals surface area contributed by atoms with E-state index < -0.39 is 11.9 Å². The fourth-order valence-corrected chi connectivity index (χ4v) is 4.30. The average Bonchev–Trinajstić information content (AvgIpc) is 3.10. The Bertz CT molecular complexity index is 801. The second-order valence-corrected chi connectivity index (χ2v) is 6.53. The van der Waals surface area contributed by atoms with Gasteiger partial charge in [-0.3, -0.25) is 4.79 Å². The van der Waals surface area contributed by atoms with Crippen molar-refractivity contribution in [1.82, 2.24) is 0 Å². The summed E-state index contributed by atoms with van der Waals surface area (Å²) >= 11 is 3.07. The monoisotopic (exact) mass is 316 g/mol. The van der Waals surface area contributed by atoms with E-state index in [0.29, 0.717) is 6.29 Å². The third-order valence-corrected chi connectivity index (χ3v) is 5.39. The molecule has 2 heterocycles. The molecule has 0 aliphatic carbocycles. The van der Waals surface area contributed by atoms with Crippen LogP contribution in [0.2, 0.25) is 0 Å². The van der Waals surface area contributed by atoms with Crippen LogP contribution in [0.5, 0.6) is 0 Å². The van der Waals surface area contributed by atoms with Crippen molar-refractivity contribution < 1.29 is 14.7 Å². The Kier molecular flexibility index (Phi) is 3.86. The van der Waals surface area contributed by atoms with E-state index in [-0.39, 0.29) is 6.42 Å². The van der Waals surface area contributed by atoms with Crippen LogP contribution < -0.4 is 0 Å². The van der Waals surface area contributed by atoms with E-state index >= 15 is 0 Å². The molecule has 0 saturated heterocycles. The number of thiophene rings is 2. The predicted molar refractivity (Wildman–Crippen MR) is 86.2 cm³/mol. The van der Waals surface area contributed by atoms with Crippen molar-refractivity contribution in [3.05, 3.63) is 46.0 Å². The van der Waals surface area contributed by atoms with E-state index in [1.807, 2.05) is 23.6 Å². The molecule has 1 N–H and O–H groups in total. The van der Waals surface area contributed by atoms with Gasteiger partial charge in [0.15, 0.2) is 0 Å². The quantitative estimate of drug-likeness (QED) is 0.710. The topological polar surface area (TPSA) is 54.4 Å². The van der Waals surface area contributed by atoms with Gasteiger partial charge in [-0.15, -0.1) is 22.7 Å². The van der Waals surface area contributed by atoms with Crippen LogP contribution in [0.1, 0.15) is 17.2 Å². The Balaban J connectivity index is 2.01. The molecule has 3 aromatic rings. The maximum absolute atomic E-state index is 11.2. The van der Waals surface area contributed by atoms with Crippen LogP contribution in [0.25, 0.3) is 21.2 Å². The van der Waals surface area contributed by atoms with E-state index in [1.165, 1.54) is 21.4 Å². The molecule has 0 fully saturated rings. The zero-order valence-electron chi connectivity index (χ0n) is 11.0. The van der Waals surface area contributed by atoms with Crippen molar-refractivity contribution in [2.45, 2.75) is 12.3 Å². The molecule has 2 aromatic heterocycles. The molecule has 1 unspecified atom stereocenters. The van der Waals surface area contributed by atoms with Gasteiger partial charge in [0.2, 0.25) is 0 Å². The van der Waals surface area contributed by atoms with Crippen LogP contribution in [-0.4, -0.2) is 17.4 Å². The highest BCUT2D eigenvalue weighted by Crippen LogP contribution is 2.38. The maximum atomic E-state index is 11.2. The average molecular weight is 316 g/mol. The van der Waals surface area contributed by atoms with Gasteiger partial charge >= 0.3 is 5.97 Å². The number of carboxylic acids is 1. The zero-order chi connectivity index (χ0) is 14.8. The van der Waals surface area contributed by atoms with Gasteiger partial charge in [0.1, 0.15) is 6.29 Å². The molecule has 0 aliphatic heterocycles. The second-order valence-electron chi connectivity index (χ2n) is 4.68. The second kappa shape index (κ2) is 5.79. The Morgan fingerprint density at radius 3 is 2.81 bits per heavy atom. The molecule has 0 radical (unpaired) electrons. The number of hydrogen-bond donors (Lipinski definition) is 1. The molecular weight excluding hydrogens is 304 g/mol. The lowest BCUT2D eigenvalue weighted by Crippen LogP contribution is -2.10. The van der Waals surface area contributed by atoms with Crippen LogP contribution in [-0.2, 0) is 9.59 Å². The largest absolute Gasteiger partial charge is 0.481 e. The number of hydrogen-bond acceptors (Lipinski definition) is 4. The first-order chi connectivity index (χ1) is 10.2. The molecule has 0 aliphatic rings. The summed E-state index contributed by atoms with van der Waals surface area (Å²) in [6, 6.07) is 10.0. The summed E-state index contributed by atoms with van der Waals surface area (Å²) in [5, 5.41) is 14.4. The van der Waals surface area contributed by atoms with Gasteiger partial charge < -0.3 is 9.90 Å². The lowest BCUT2D eigenvalue weighted by molar-refractivity contribution is -0.139. The summed E-state index contributed by atoms with van der Waals surface area (Å²) in [7, 11) is 0. The highest BCUT2D eigenvalue weighted by atomic mass is 32.1. The van der Waals surface area contributed by atoms with Crippen molar-refractivity contribution in [1.29, 1.82) is 0 Å². The molecule has 3 rings (SSSR count). The number of aldehydes is 1. The molecule has 3 nitrogen and oxygen atoms in total. The highest BCUT2D eigenvalue weighted by molar-refractivity contribution is 7.17. The molecule has 1 atom stereocenters. The molecule has 0 amide bonds. The Hall–Kier alpha value is -1.98. The van der Waals surface area contributed by atoms with Crippen molar-refractivity contribution >= 4 is 45.0 Å². The minimum absolute atomic E-state index is 0.0136. The maximum Gasteiger partial charge on any atom is 0.312 e. The van der Waals surface area contributed by atoms with Gasteiger partial charge in [0, 0.05) is 26.9 Å². The van der Waals surface area contributed by atoms with E-state index in [9.17, 15) is 14.7 Å². The van der Waals surface area contributed by atoms with Gasteiger partial charge in [-0.25, -0.2) is 0 Å². The summed E-state index contributed by atoms with van der Waals surface area (Å²) in [6.45, 7) is 0. The predicted octanol–water partition coefficient (Wildman–Crippen LogP) is 4.39. The summed E-state index contributed by atoms with van der Waals surface area (Å²) < 4.78 is 1.21. The molecule has 5 heteroatoms. The Morgan fingerprint density at radius 1 is 1.24 bits per heavy atom. The fourth-order valence-electron chi connectivity index (χ4n) is 2.31.